The zero-order valence-electron chi connectivity index (χ0n) is 10.3. The SMILES string of the molecule is NCCCNc1cccc2cccc(S(=O)(=O)O)c12. The largest absolute Gasteiger partial charge is 0.384 e. The first-order valence-electron chi connectivity index (χ1n) is 5.97. The highest BCUT2D eigenvalue weighted by atomic mass is 32.2. The van der Waals surface area contributed by atoms with Gasteiger partial charge in [0.2, 0.25) is 0 Å². The Morgan fingerprint density at radius 3 is 2.47 bits per heavy atom. The second kappa shape index (κ2) is 5.56. The van der Waals surface area contributed by atoms with Crippen molar-refractivity contribution in [3.8, 4) is 0 Å². The van der Waals surface area contributed by atoms with Gasteiger partial charge in [-0.3, -0.25) is 4.55 Å². The number of hydrogen-bond acceptors (Lipinski definition) is 4. The number of benzene rings is 2. The maximum atomic E-state index is 11.4. The quantitative estimate of drug-likeness (QED) is 0.574. The molecule has 0 saturated carbocycles. The fourth-order valence-electron chi connectivity index (χ4n) is 1.99. The monoisotopic (exact) mass is 280 g/mol. The summed E-state index contributed by atoms with van der Waals surface area (Å²) in [6.07, 6.45) is 0.782. The molecule has 0 radical (unpaired) electrons. The Morgan fingerprint density at radius 2 is 1.84 bits per heavy atom. The molecule has 0 amide bonds. The van der Waals surface area contributed by atoms with Crippen molar-refractivity contribution in [1.82, 2.24) is 0 Å². The molecular formula is C13H16N2O3S. The van der Waals surface area contributed by atoms with Crippen molar-refractivity contribution >= 4 is 26.6 Å². The lowest BCUT2D eigenvalue weighted by Gasteiger charge is -2.11. The Bertz CT molecular complexity index is 678. The van der Waals surface area contributed by atoms with Crippen LogP contribution < -0.4 is 11.1 Å². The van der Waals surface area contributed by atoms with E-state index >= 15 is 0 Å². The van der Waals surface area contributed by atoms with Crippen molar-refractivity contribution in [2.45, 2.75) is 11.3 Å². The van der Waals surface area contributed by atoms with Crippen molar-refractivity contribution in [2.24, 2.45) is 5.73 Å². The first-order valence-corrected chi connectivity index (χ1v) is 7.41. The van der Waals surface area contributed by atoms with Gasteiger partial charge in [0.25, 0.3) is 10.1 Å². The zero-order chi connectivity index (χ0) is 13.9. The number of nitrogens with two attached hydrogens (primary N) is 1. The summed E-state index contributed by atoms with van der Waals surface area (Å²) in [6.45, 7) is 1.21. The summed E-state index contributed by atoms with van der Waals surface area (Å²) in [5.41, 5.74) is 6.11. The van der Waals surface area contributed by atoms with Crippen LogP contribution in [0.25, 0.3) is 10.8 Å². The van der Waals surface area contributed by atoms with E-state index < -0.39 is 10.1 Å². The van der Waals surface area contributed by atoms with E-state index in [1.165, 1.54) is 6.07 Å². The van der Waals surface area contributed by atoms with Gasteiger partial charge < -0.3 is 11.1 Å². The Kier molecular flexibility index (Phi) is 4.04. The maximum Gasteiger partial charge on any atom is 0.295 e. The van der Waals surface area contributed by atoms with Gasteiger partial charge in [0.15, 0.2) is 0 Å². The standard InChI is InChI=1S/C13H16N2O3S/c14-8-3-9-15-11-6-1-4-10-5-2-7-12(13(10)11)19(16,17)18/h1-2,4-7,15H,3,8-9,14H2,(H,16,17,18). The van der Waals surface area contributed by atoms with E-state index in [1.54, 1.807) is 24.3 Å². The second-order valence-corrected chi connectivity index (χ2v) is 5.59. The molecule has 6 heteroatoms. The normalized spacial score (nSPS) is 11.7. The van der Waals surface area contributed by atoms with Crippen LogP contribution in [0.4, 0.5) is 5.69 Å². The Hall–Kier alpha value is -1.63. The van der Waals surface area contributed by atoms with Gasteiger partial charge in [-0.25, -0.2) is 0 Å². The van der Waals surface area contributed by atoms with Crippen molar-refractivity contribution in [3.63, 3.8) is 0 Å². The lowest BCUT2D eigenvalue weighted by atomic mass is 10.1. The van der Waals surface area contributed by atoms with Crippen LogP contribution in [-0.2, 0) is 10.1 Å². The third-order valence-electron chi connectivity index (χ3n) is 2.84. The predicted octanol–water partition coefficient (Wildman–Crippen LogP) is 1.85. The van der Waals surface area contributed by atoms with Crippen molar-refractivity contribution in [2.75, 3.05) is 18.4 Å². The summed E-state index contributed by atoms with van der Waals surface area (Å²) in [5, 5.41) is 4.41. The fraction of sp³-hybridized carbons (Fsp3) is 0.231. The lowest BCUT2D eigenvalue weighted by molar-refractivity contribution is 0.484. The first-order chi connectivity index (χ1) is 9.04. The molecule has 0 fully saturated rings. The molecule has 0 bridgehead atoms. The minimum atomic E-state index is -4.25. The molecule has 2 aromatic carbocycles. The molecule has 5 nitrogen and oxygen atoms in total. The molecule has 0 spiro atoms. The molecule has 0 aliphatic rings. The zero-order valence-corrected chi connectivity index (χ0v) is 11.2. The van der Waals surface area contributed by atoms with Crippen LogP contribution in [0, 0.1) is 0 Å². The van der Waals surface area contributed by atoms with Crippen LogP contribution >= 0.6 is 0 Å². The van der Waals surface area contributed by atoms with Gasteiger partial charge in [0, 0.05) is 17.6 Å². The third kappa shape index (κ3) is 3.04. The number of anilines is 1. The van der Waals surface area contributed by atoms with E-state index in [2.05, 4.69) is 5.32 Å². The van der Waals surface area contributed by atoms with E-state index in [1.807, 2.05) is 6.07 Å². The van der Waals surface area contributed by atoms with Crippen molar-refractivity contribution < 1.29 is 13.0 Å². The molecule has 0 aliphatic heterocycles. The second-order valence-electron chi connectivity index (χ2n) is 4.20. The van der Waals surface area contributed by atoms with Gasteiger partial charge in [-0.15, -0.1) is 0 Å². The molecule has 19 heavy (non-hydrogen) atoms. The van der Waals surface area contributed by atoms with E-state index in [9.17, 15) is 13.0 Å². The maximum absolute atomic E-state index is 11.4. The predicted molar refractivity (Wildman–Crippen MR) is 75.9 cm³/mol. The average Bonchev–Trinajstić information content (AvgIpc) is 2.37. The van der Waals surface area contributed by atoms with Gasteiger partial charge in [0.1, 0.15) is 4.90 Å². The molecule has 2 rings (SSSR count). The summed E-state index contributed by atoms with van der Waals surface area (Å²) in [5.74, 6) is 0. The molecule has 102 valence electrons. The van der Waals surface area contributed by atoms with Crippen LogP contribution in [0.5, 0.6) is 0 Å². The smallest absolute Gasteiger partial charge is 0.295 e. The summed E-state index contributed by atoms with van der Waals surface area (Å²) in [6, 6.07) is 10.2. The molecule has 0 unspecified atom stereocenters. The molecule has 4 N–H and O–H groups in total. The van der Waals surface area contributed by atoms with Crippen molar-refractivity contribution in [3.05, 3.63) is 36.4 Å². The topological polar surface area (TPSA) is 92.4 Å². The number of hydrogen-bond donors (Lipinski definition) is 3. The fourth-order valence-corrected chi connectivity index (χ4v) is 2.73. The molecule has 0 aromatic heterocycles. The summed E-state index contributed by atoms with van der Waals surface area (Å²) >= 11 is 0. The van der Waals surface area contributed by atoms with Gasteiger partial charge in [-0.05, 0) is 30.5 Å². The molecular weight excluding hydrogens is 264 g/mol. The Balaban J connectivity index is 2.58. The minimum absolute atomic E-state index is 0.0825. The van der Waals surface area contributed by atoms with Crippen molar-refractivity contribution in [1.29, 1.82) is 0 Å². The van der Waals surface area contributed by atoms with Gasteiger partial charge >= 0.3 is 0 Å². The van der Waals surface area contributed by atoms with Crippen LogP contribution in [0.1, 0.15) is 6.42 Å². The summed E-state index contributed by atoms with van der Waals surface area (Å²) < 4.78 is 32.2. The van der Waals surface area contributed by atoms with E-state index in [4.69, 9.17) is 5.73 Å². The average molecular weight is 280 g/mol. The van der Waals surface area contributed by atoms with E-state index in [0.717, 1.165) is 11.8 Å². The third-order valence-corrected chi connectivity index (χ3v) is 3.74. The Morgan fingerprint density at radius 1 is 1.16 bits per heavy atom. The number of nitrogens with one attached hydrogen (secondary N) is 1. The minimum Gasteiger partial charge on any atom is -0.384 e. The number of fused-ring (bicyclic) bond motifs is 1. The van der Waals surface area contributed by atoms with E-state index in [0.29, 0.717) is 24.2 Å². The summed E-state index contributed by atoms with van der Waals surface area (Å²) in [7, 11) is -4.25. The molecule has 0 aliphatic carbocycles. The highest BCUT2D eigenvalue weighted by molar-refractivity contribution is 7.86. The van der Waals surface area contributed by atoms with E-state index in [-0.39, 0.29) is 4.90 Å². The van der Waals surface area contributed by atoms with Crippen LogP contribution in [0.15, 0.2) is 41.3 Å². The lowest BCUT2D eigenvalue weighted by Crippen LogP contribution is -2.09. The highest BCUT2D eigenvalue weighted by Gasteiger charge is 2.15. The highest BCUT2D eigenvalue weighted by Crippen LogP contribution is 2.29. The molecule has 2 aromatic rings. The number of rotatable bonds is 5. The van der Waals surface area contributed by atoms with Crippen LogP contribution in [0.3, 0.4) is 0 Å². The molecule has 0 atom stereocenters. The molecule has 0 saturated heterocycles. The van der Waals surface area contributed by atoms with Crippen LogP contribution in [0.2, 0.25) is 0 Å². The Labute approximate surface area is 112 Å². The van der Waals surface area contributed by atoms with Crippen LogP contribution in [-0.4, -0.2) is 26.1 Å². The first kappa shape index (κ1) is 13.8. The summed E-state index contributed by atoms with van der Waals surface area (Å²) in [4.78, 5) is -0.0825. The van der Waals surface area contributed by atoms with Gasteiger partial charge in [-0.1, -0.05) is 24.3 Å². The molecule has 0 heterocycles. The van der Waals surface area contributed by atoms with Gasteiger partial charge in [0.05, 0.1) is 0 Å². The van der Waals surface area contributed by atoms with Gasteiger partial charge in [-0.2, -0.15) is 8.42 Å².